The van der Waals surface area contributed by atoms with Crippen molar-refractivity contribution in [1.82, 2.24) is 5.32 Å². The van der Waals surface area contributed by atoms with E-state index in [0.29, 0.717) is 0 Å². The second-order valence-electron chi connectivity index (χ2n) is 6.57. The molecule has 2 unspecified atom stereocenters. The number of carbonyl (C=O) groups excluding carboxylic acids is 1. The molecule has 0 aromatic carbocycles. The van der Waals surface area contributed by atoms with Gasteiger partial charge in [0.1, 0.15) is 0 Å². The highest BCUT2D eigenvalue weighted by atomic mass is 16.1. The summed E-state index contributed by atoms with van der Waals surface area (Å²) in [7, 11) is 0. The molecular formula is C16H30N2O. The van der Waals surface area contributed by atoms with Gasteiger partial charge in [0, 0.05) is 18.0 Å². The lowest BCUT2D eigenvalue weighted by Gasteiger charge is -2.29. The van der Waals surface area contributed by atoms with Crippen molar-refractivity contribution in [3.8, 4) is 0 Å². The van der Waals surface area contributed by atoms with E-state index in [0.717, 1.165) is 38.0 Å². The third kappa shape index (κ3) is 4.20. The lowest BCUT2D eigenvalue weighted by atomic mass is 9.79. The topological polar surface area (TPSA) is 55.1 Å². The highest BCUT2D eigenvalue weighted by molar-refractivity contribution is 5.79. The molecule has 3 N–H and O–H groups in total. The zero-order chi connectivity index (χ0) is 13.7. The smallest absolute Gasteiger partial charge is 0.223 e. The number of nitrogens with two attached hydrogens (primary N) is 1. The maximum absolute atomic E-state index is 12.3. The molecule has 2 aliphatic carbocycles. The van der Waals surface area contributed by atoms with Gasteiger partial charge < -0.3 is 11.1 Å². The SMILES string of the molecule is CCCCC1CCC(C(=O)NC2CCCC2N)CC1. The molecule has 1 amide bonds. The van der Waals surface area contributed by atoms with E-state index >= 15 is 0 Å². The van der Waals surface area contributed by atoms with E-state index in [9.17, 15) is 4.79 Å². The summed E-state index contributed by atoms with van der Waals surface area (Å²) in [5.41, 5.74) is 6.02. The molecule has 2 atom stereocenters. The zero-order valence-electron chi connectivity index (χ0n) is 12.4. The van der Waals surface area contributed by atoms with E-state index in [1.54, 1.807) is 0 Å². The Hall–Kier alpha value is -0.570. The average molecular weight is 266 g/mol. The van der Waals surface area contributed by atoms with Crippen molar-refractivity contribution < 1.29 is 4.79 Å². The second-order valence-corrected chi connectivity index (χ2v) is 6.57. The fraction of sp³-hybridized carbons (Fsp3) is 0.938. The van der Waals surface area contributed by atoms with E-state index in [1.807, 2.05) is 0 Å². The van der Waals surface area contributed by atoms with Crippen LogP contribution < -0.4 is 11.1 Å². The van der Waals surface area contributed by atoms with Crippen LogP contribution in [0, 0.1) is 11.8 Å². The van der Waals surface area contributed by atoms with Crippen LogP contribution in [0.5, 0.6) is 0 Å². The van der Waals surface area contributed by atoms with Crippen molar-refractivity contribution in [3.63, 3.8) is 0 Å². The molecule has 19 heavy (non-hydrogen) atoms. The van der Waals surface area contributed by atoms with Crippen LogP contribution in [-0.2, 0) is 4.79 Å². The first-order chi connectivity index (χ1) is 9.20. The number of rotatable bonds is 5. The molecule has 0 heterocycles. The predicted octanol–water partition coefficient (Wildman–Crippen LogP) is 2.98. The van der Waals surface area contributed by atoms with Gasteiger partial charge in [-0.25, -0.2) is 0 Å². The predicted molar refractivity (Wildman–Crippen MR) is 78.7 cm³/mol. The first kappa shape index (κ1) is 14.8. The lowest BCUT2D eigenvalue weighted by molar-refractivity contribution is -0.127. The number of carbonyl (C=O) groups is 1. The van der Waals surface area contributed by atoms with Gasteiger partial charge in [-0.3, -0.25) is 4.79 Å². The normalized spacial score (nSPS) is 35.3. The Morgan fingerprint density at radius 2 is 1.89 bits per heavy atom. The fourth-order valence-corrected chi connectivity index (χ4v) is 3.67. The summed E-state index contributed by atoms with van der Waals surface area (Å²) in [4.78, 5) is 12.3. The van der Waals surface area contributed by atoms with E-state index < -0.39 is 0 Å². The van der Waals surface area contributed by atoms with Crippen LogP contribution in [0.2, 0.25) is 0 Å². The first-order valence-corrected chi connectivity index (χ1v) is 8.26. The van der Waals surface area contributed by atoms with E-state index in [1.165, 1.54) is 32.1 Å². The highest BCUT2D eigenvalue weighted by Crippen LogP contribution is 2.32. The Kier molecular flexibility index (Phi) is 5.68. The van der Waals surface area contributed by atoms with E-state index in [4.69, 9.17) is 5.73 Å². The van der Waals surface area contributed by atoms with Gasteiger partial charge in [-0.2, -0.15) is 0 Å². The summed E-state index contributed by atoms with van der Waals surface area (Å²) in [6, 6.07) is 0.426. The third-order valence-corrected chi connectivity index (χ3v) is 5.08. The van der Waals surface area contributed by atoms with Gasteiger partial charge in [-0.15, -0.1) is 0 Å². The molecular weight excluding hydrogens is 236 g/mol. The molecule has 2 saturated carbocycles. The Morgan fingerprint density at radius 1 is 1.16 bits per heavy atom. The first-order valence-electron chi connectivity index (χ1n) is 8.26. The highest BCUT2D eigenvalue weighted by Gasteiger charge is 2.30. The van der Waals surface area contributed by atoms with Gasteiger partial charge in [0.25, 0.3) is 0 Å². The molecule has 110 valence electrons. The third-order valence-electron chi connectivity index (χ3n) is 5.08. The van der Waals surface area contributed by atoms with Crippen LogP contribution in [0.1, 0.15) is 71.1 Å². The van der Waals surface area contributed by atoms with Crippen molar-refractivity contribution in [2.45, 2.75) is 83.2 Å². The molecule has 2 aliphatic rings. The van der Waals surface area contributed by atoms with Crippen molar-refractivity contribution in [1.29, 1.82) is 0 Å². The molecule has 0 radical (unpaired) electrons. The minimum absolute atomic E-state index is 0.185. The average Bonchev–Trinajstić information content (AvgIpc) is 2.82. The molecule has 0 bridgehead atoms. The molecule has 0 aliphatic heterocycles. The summed E-state index contributed by atoms with van der Waals surface area (Å²) < 4.78 is 0. The van der Waals surface area contributed by atoms with Crippen LogP contribution in [-0.4, -0.2) is 18.0 Å². The summed E-state index contributed by atoms with van der Waals surface area (Å²) in [5.74, 6) is 1.40. The van der Waals surface area contributed by atoms with Crippen molar-refractivity contribution in [3.05, 3.63) is 0 Å². The molecule has 3 heteroatoms. The molecule has 0 spiro atoms. The van der Waals surface area contributed by atoms with Gasteiger partial charge in [0.2, 0.25) is 5.91 Å². The monoisotopic (exact) mass is 266 g/mol. The molecule has 2 rings (SSSR count). The van der Waals surface area contributed by atoms with Crippen LogP contribution >= 0.6 is 0 Å². The summed E-state index contributed by atoms with van der Waals surface area (Å²) in [5, 5.41) is 3.19. The number of unbranched alkanes of at least 4 members (excludes halogenated alkanes) is 1. The van der Waals surface area contributed by atoms with E-state index in [-0.39, 0.29) is 23.9 Å². The van der Waals surface area contributed by atoms with Crippen molar-refractivity contribution in [2.24, 2.45) is 17.6 Å². The number of hydrogen-bond donors (Lipinski definition) is 2. The van der Waals surface area contributed by atoms with Crippen LogP contribution in [0.25, 0.3) is 0 Å². The van der Waals surface area contributed by atoms with E-state index in [2.05, 4.69) is 12.2 Å². The number of amides is 1. The Labute approximate surface area is 117 Å². The Bertz CT molecular complexity index is 284. The second kappa shape index (κ2) is 7.28. The maximum Gasteiger partial charge on any atom is 0.223 e. The Balaban J connectivity index is 1.70. The molecule has 0 aromatic heterocycles. The van der Waals surface area contributed by atoms with Gasteiger partial charge >= 0.3 is 0 Å². The lowest BCUT2D eigenvalue weighted by Crippen LogP contribution is -2.46. The number of nitrogens with one attached hydrogen (secondary N) is 1. The zero-order valence-corrected chi connectivity index (χ0v) is 12.4. The molecule has 0 saturated heterocycles. The van der Waals surface area contributed by atoms with Crippen LogP contribution in [0.4, 0.5) is 0 Å². The van der Waals surface area contributed by atoms with Crippen LogP contribution in [0.15, 0.2) is 0 Å². The van der Waals surface area contributed by atoms with Gasteiger partial charge in [0.05, 0.1) is 0 Å². The standard InChI is InChI=1S/C16H30N2O/c1-2-3-5-12-8-10-13(11-9-12)16(19)18-15-7-4-6-14(15)17/h12-15H,2-11,17H2,1H3,(H,18,19). The summed E-state index contributed by atoms with van der Waals surface area (Å²) in [6.45, 7) is 2.25. The summed E-state index contributed by atoms with van der Waals surface area (Å²) in [6.07, 6.45) is 12.0. The van der Waals surface area contributed by atoms with Crippen LogP contribution in [0.3, 0.4) is 0 Å². The van der Waals surface area contributed by atoms with Crippen molar-refractivity contribution in [2.75, 3.05) is 0 Å². The van der Waals surface area contributed by atoms with Crippen molar-refractivity contribution >= 4 is 5.91 Å². The molecule has 2 fully saturated rings. The van der Waals surface area contributed by atoms with Gasteiger partial charge in [-0.05, 0) is 50.9 Å². The fourth-order valence-electron chi connectivity index (χ4n) is 3.67. The largest absolute Gasteiger partial charge is 0.352 e. The maximum atomic E-state index is 12.3. The number of hydrogen-bond acceptors (Lipinski definition) is 2. The minimum atomic E-state index is 0.185. The quantitative estimate of drug-likeness (QED) is 0.803. The van der Waals surface area contributed by atoms with Gasteiger partial charge in [-0.1, -0.05) is 26.2 Å². The van der Waals surface area contributed by atoms with Gasteiger partial charge in [0.15, 0.2) is 0 Å². The summed E-state index contributed by atoms with van der Waals surface area (Å²) >= 11 is 0. The Morgan fingerprint density at radius 3 is 2.47 bits per heavy atom. The minimum Gasteiger partial charge on any atom is -0.352 e. The molecule has 0 aromatic rings. The molecule has 3 nitrogen and oxygen atoms in total.